The minimum absolute atomic E-state index is 0.260. The summed E-state index contributed by atoms with van der Waals surface area (Å²) in [6.45, 7) is 7.92. The SMILES string of the molecule is CN1CCC(N2CCCN(C(=O)CCCN3CCCC3=O)CC2)CC1. The van der Waals surface area contributed by atoms with E-state index < -0.39 is 0 Å². The molecule has 3 heterocycles. The van der Waals surface area contributed by atoms with Crippen LogP contribution in [0.1, 0.15) is 44.9 Å². The second-order valence-electron chi connectivity index (χ2n) is 7.89. The molecule has 0 bridgehead atoms. The molecule has 0 spiro atoms. The van der Waals surface area contributed by atoms with Gasteiger partial charge in [-0.15, -0.1) is 0 Å². The highest BCUT2D eigenvalue weighted by Gasteiger charge is 2.26. The zero-order chi connectivity index (χ0) is 17.6. The van der Waals surface area contributed by atoms with Crippen LogP contribution in [0.3, 0.4) is 0 Å². The smallest absolute Gasteiger partial charge is 0.222 e. The molecule has 0 aromatic heterocycles. The number of carbonyl (C=O) groups is 2. The Morgan fingerprint density at radius 3 is 2.52 bits per heavy atom. The van der Waals surface area contributed by atoms with E-state index in [9.17, 15) is 9.59 Å². The summed E-state index contributed by atoms with van der Waals surface area (Å²) < 4.78 is 0. The van der Waals surface area contributed by atoms with Gasteiger partial charge in [-0.2, -0.15) is 0 Å². The molecule has 0 unspecified atom stereocenters. The maximum atomic E-state index is 12.5. The molecule has 0 saturated carbocycles. The van der Waals surface area contributed by atoms with Crippen LogP contribution in [0.15, 0.2) is 0 Å². The first-order valence-electron chi connectivity index (χ1n) is 10.1. The Bertz CT molecular complexity index is 462. The van der Waals surface area contributed by atoms with E-state index in [2.05, 4.69) is 21.7 Å². The van der Waals surface area contributed by atoms with Crippen LogP contribution in [0.25, 0.3) is 0 Å². The van der Waals surface area contributed by atoms with Crippen molar-refractivity contribution in [1.82, 2.24) is 19.6 Å². The Hall–Kier alpha value is -1.14. The molecule has 0 N–H and O–H groups in total. The molecule has 6 heteroatoms. The predicted octanol–water partition coefficient (Wildman–Crippen LogP) is 1.02. The van der Waals surface area contributed by atoms with E-state index >= 15 is 0 Å². The normalized spacial score (nSPS) is 24.8. The van der Waals surface area contributed by atoms with Gasteiger partial charge in [-0.05, 0) is 52.2 Å². The van der Waals surface area contributed by atoms with E-state index in [0.717, 1.165) is 58.5 Å². The van der Waals surface area contributed by atoms with Crippen molar-refractivity contribution in [2.75, 3.05) is 59.4 Å². The second-order valence-corrected chi connectivity index (χ2v) is 7.89. The molecule has 3 aliphatic rings. The minimum Gasteiger partial charge on any atom is -0.343 e. The van der Waals surface area contributed by atoms with Gasteiger partial charge in [-0.3, -0.25) is 14.5 Å². The number of hydrogen-bond donors (Lipinski definition) is 0. The Labute approximate surface area is 152 Å². The van der Waals surface area contributed by atoms with E-state index in [-0.39, 0.29) is 11.8 Å². The molecule has 0 atom stereocenters. The third-order valence-electron chi connectivity index (χ3n) is 6.08. The highest BCUT2D eigenvalue weighted by atomic mass is 16.2. The highest BCUT2D eigenvalue weighted by molar-refractivity contribution is 5.78. The molecule has 2 amide bonds. The van der Waals surface area contributed by atoms with E-state index in [1.54, 1.807) is 0 Å². The molecule has 0 radical (unpaired) electrons. The van der Waals surface area contributed by atoms with Crippen LogP contribution in [0, 0.1) is 0 Å². The van der Waals surface area contributed by atoms with Crippen molar-refractivity contribution >= 4 is 11.8 Å². The van der Waals surface area contributed by atoms with Crippen LogP contribution >= 0.6 is 0 Å². The lowest BCUT2D eigenvalue weighted by atomic mass is 10.0. The van der Waals surface area contributed by atoms with Crippen LogP contribution in [0.4, 0.5) is 0 Å². The molecule has 142 valence electrons. The summed E-state index contributed by atoms with van der Waals surface area (Å²) in [5.74, 6) is 0.535. The van der Waals surface area contributed by atoms with E-state index in [1.807, 2.05) is 4.90 Å². The van der Waals surface area contributed by atoms with Crippen molar-refractivity contribution in [3.63, 3.8) is 0 Å². The third kappa shape index (κ3) is 5.17. The van der Waals surface area contributed by atoms with Crippen LogP contribution < -0.4 is 0 Å². The van der Waals surface area contributed by atoms with Crippen molar-refractivity contribution < 1.29 is 9.59 Å². The Morgan fingerprint density at radius 2 is 1.80 bits per heavy atom. The van der Waals surface area contributed by atoms with Gasteiger partial charge in [0.05, 0.1) is 0 Å². The van der Waals surface area contributed by atoms with Gasteiger partial charge < -0.3 is 14.7 Å². The zero-order valence-electron chi connectivity index (χ0n) is 15.8. The standard InChI is InChI=1S/C19H34N4O2/c1-20-13-7-17(8-14-20)21-11-4-12-23(16-15-21)19(25)6-3-10-22-9-2-5-18(22)24/h17H,2-16H2,1H3. The predicted molar refractivity (Wildman–Crippen MR) is 98.3 cm³/mol. The third-order valence-corrected chi connectivity index (χ3v) is 6.08. The number of piperidine rings is 1. The average Bonchev–Trinajstić information content (AvgIpc) is 2.86. The number of hydrogen-bond acceptors (Lipinski definition) is 4. The number of likely N-dealkylation sites (tertiary alicyclic amines) is 2. The summed E-state index contributed by atoms with van der Waals surface area (Å²) in [6, 6.07) is 0.701. The highest BCUT2D eigenvalue weighted by Crippen LogP contribution is 2.18. The lowest BCUT2D eigenvalue weighted by Gasteiger charge is -2.36. The number of nitrogens with zero attached hydrogens (tertiary/aromatic N) is 4. The summed E-state index contributed by atoms with van der Waals surface area (Å²) in [5.41, 5.74) is 0. The summed E-state index contributed by atoms with van der Waals surface area (Å²) in [4.78, 5) is 33.2. The first kappa shape index (κ1) is 18.6. The summed E-state index contributed by atoms with van der Waals surface area (Å²) >= 11 is 0. The number of rotatable bonds is 5. The van der Waals surface area contributed by atoms with Gasteiger partial charge in [-0.25, -0.2) is 0 Å². The molecule has 3 aliphatic heterocycles. The summed E-state index contributed by atoms with van der Waals surface area (Å²) in [5, 5.41) is 0. The zero-order valence-corrected chi connectivity index (χ0v) is 15.8. The summed E-state index contributed by atoms with van der Waals surface area (Å²) in [7, 11) is 2.20. The van der Waals surface area contributed by atoms with Crippen molar-refractivity contribution in [2.24, 2.45) is 0 Å². The first-order valence-corrected chi connectivity index (χ1v) is 10.1. The van der Waals surface area contributed by atoms with Gasteiger partial charge in [0.1, 0.15) is 0 Å². The van der Waals surface area contributed by atoms with Crippen molar-refractivity contribution in [3.05, 3.63) is 0 Å². The molecule has 3 fully saturated rings. The van der Waals surface area contributed by atoms with Crippen LogP contribution in [-0.4, -0.2) is 96.9 Å². The fraction of sp³-hybridized carbons (Fsp3) is 0.895. The quantitative estimate of drug-likeness (QED) is 0.743. The van der Waals surface area contributed by atoms with Crippen molar-refractivity contribution in [2.45, 2.75) is 51.0 Å². The number of carbonyl (C=O) groups excluding carboxylic acids is 2. The maximum Gasteiger partial charge on any atom is 0.222 e. The maximum absolute atomic E-state index is 12.5. The van der Waals surface area contributed by atoms with E-state index in [1.165, 1.54) is 25.9 Å². The van der Waals surface area contributed by atoms with Gasteiger partial charge in [0.25, 0.3) is 0 Å². The van der Waals surface area contributed by atoms with Gasteiger partial charge in [0.15, 0.2) is 0 Å². The van der Waals surface area contributed by atoms with E-state index in [0.29, 0.717) is 18.9 Å². The van der Waals surface area contributed by atoms with Crippen LogP contribution in [0.5, 0.6) is 0 Å². The monoisotopic (exact) mass is 350 g/mol. The lowest BCUT2D eigenvalue weighted by molar-refractivity contribution is -0.132. The number of amides is 2. The van der Waals surface area contributed by atoms with Gasteiger partial charge >= 0.3 is 0 Å². The van der Waals surface area contributed by atoms with Gasteiger partial charge in [-0.1, -0.05) is 0 Å². The van der Waals surface area contributed by atoms with Crippen LogP contribution in [0.2, 0.25) is 0 Å². The molecule has 3 saturated heterocycles. The molecule has 25 heavy (non-hydrogen) atoms. The molecule has 0 aromatic carbocycles. The Balaban J connectivity index is 1.38. The topological polar surface area (TPSA) is 47.1 Å². The average molecular weight is 351 g/mol. The molecular weight excluding hydrogens is 316 g/mol. The molecule has 0 aliphatic carbocycles. The molecular formula is C19H34N4O2. The summed E-state index contributed by atoms with van der Waals surface area (Å²) in [6.07, 6.45) is 6.65. The molecule has 3 rings (SSSR count). The molecule has 6 nitrogen and oxygen atoms in total. The Morgan fingerprint density at radius 1 is 1.00 bits per heavy atom. The van der Waals surface area contributed by atoms with Crippen LogP contribution in [-0.2, 0) is 9.59 Å². The minimum atomic E-state index is 0.260. The molecule has 0 aromatic rings. The first-order chi connectivity index (χ1) is 12.1. The van der Waals surface area contributed by atoms with E-state index in [4.69, 9.17) is 0 Å². The van der Waals surface area contributed by atoms with Gasteiger partial charge in [0.2, 0.25) is 11.8 Å². The lowest BCUT2D eigenvalue weighted by Crippen LogP contribution is -2.45. The van der Waals surface area contributed by atoms with Crippen molar-refractivity contribution in [1.29, 1.82) is 0 Å². The van der Waals surface area contributed by atoms with Gasteiger partial charge in [0, 0.05) is 58.2 Å². The fourth-order valence-electron chi connectivity index (χ4n) is 4.43. The fourth-order valence-corrected chi connectivity index (χ4v) is 4.43. The van der Waals surface area contributed by atoms with Crippen molar-refractivity contribution in [3.8, 4) is 0 Å². The largest absolute Gasteiger partial charge is 0.343 e. The Kier molecular flexibility index (Phi) is 6.70. The second kappa shape index (κ2) is 8.99.